The van der Waals surface area contributed by atoms with E-state index in [1.165, 1.54) is 6.42 Å². The number of nitrogens with zero attached hydrogens (tertiary/aromatic N) is 2. The fraction of sp³-hybridized carbons (Fsp3) is 0.750. The minimum atomic E-state index is 0.548. The Morgan fingerprint density at radius 2 is 2.07 bits per heavy atom. The lowest BCUT2D eigenvalue weighted by Gasteiger charge is -2.36. The van der Waals surface area contributed by atoms with Crippen LogP contribution in [0.4, 0.5) is 0 Å². The van der Waals surface area contributed by atoms with Crippen LogP contribution >= 0.6 is 0 Å². The average molecular weight is 207 g/mol. The molecule has 84 valence electrons. The van der Waals surface area contributed by atoms with E-state index < -0.39 is 0 Å². The van der Waals surface area contributed by atoms with Crippen molar-refractivity contribution in [2.45, 2.75) is 20.3 Å². The van der Waals surface area contributed by atoms with E-state index in [0.29, 0.717) is 6.54 Å². The third kappa shape index (κ3) is 3.47. The van der Waals surface area contributed by atoms with E-state index in [4.69, 9.17) is 6.42 Å². The third-order valence-corrected chi connectivity index (χ3v) is 2.73. The molecule has 3 nitrogen and oxygen atoms in total. The number of hydrogen-bond donors (Lipinski definition) is 1. The summed E-state index contributed by atoms with van der Waals surface area (Å²) in [6.45, 7) is 7.28. The van der Waals surface area contributed by atoms with Crippen LogP contribution in [0.25, 0.3) is 0 Å². The minimum absolute atomic E-state index is 0.548. The summed E-state index contributed by atoms with van der Waals surface area (Å²) >= 11 is 0. The topological polar surface area (TPSA) is 27.6 Å². The zero-order valence-electron chi connectivity index (χ0n) is 9.95. The molecule has 0 bridgehead atoms. The van der Waals surface area contributed by atoms with Crippen LogP contribution in [-0.2, 0) is 0 Å². The second-order valence-electron chi connectivity index (χ2n) is 4.46. The van der Waals surface area contributed by atoms with Gasteiger partial charge in [-0.1, -0.05) is 19.8 Å². The van der Waals surface area contributed by atoms with Crippen LogP contribution in [-0.4, -0.2) is 37.5 Å². The molecular weight excluding hydrogens is 186 g/mol. The molecule has 1 fully saturated rings. The van der Waals surface area contributed by atoms with E-state index in [1.807, 2.05) is 7.05 Å². The number of piperidine rings is 1. The maximum Gasteiger partial charge on any atom is 0.194 e. The molecule has 0 aromatic carbocycles. The van der Waals surface area contributed by atoms with Crippen molar-refractivity contribution in [1.82, 2.24) is 10.2 Å². The van der Waals surface area contributed by atoms with Crippen LogP contribution in [0.1, 0.15) is 20.3 Å². The van der Waals surface area contributed by atoms with E-state index in [2.05, 4.69) is 35.0 Å². The first-order valence-electron chi connectivity index (χ1n) is 5.56. The Kier molecular flexibility index (Phi) is 4.48. The Balaban J connectivity index is 2.56. The van der Waals surface area contributed by atoms with Crippen molar-refractivity contribution in [3.05, 3.63) is 0 Å². The van der Waals surface area contributed by atoms with Crippen molar-refractivity contribution in [2.24, 2.45) is 16.8 Å². The van der Waals surface area contributed by atoms with E-state index in [0.717, 1.165) is 30.9 Å². The molecular formula is C12H21N3. The molecule has 0 saturated carbocycles. The molecule has 1 aliphatic rings. The molecule has 2 atom stereocenters. The normalized spacial score (nSPS) is 27.3. The summed E-state index contributed by atoms with van der Waals surface area (Å²) < 4.78 is 0. The van der Waals surface area contributed by atoms with Gasteiger partial charge in [0, 0.05) is 20.1 Å². The van der Waals surface area contributed by atoms with Crippen LogP contribution in [0.15, 0.2) is 4.99 Å². The number of aliphatic imine (C=N–C) groups is 1. The Morgan fingerprint density at radius 1 is 1.47 bits per heavy atom. The molecule has 1 rings (SSSR count). The molecule has 1 heterocycles. The van der Waals surface area contributed by atoms with Gasteiger partial charge in [0.05, 0.1) is 6.54 Å². The quantitative estimate of drug-likeness (QED) is 0.397. The number of nitrogens with one attached hydrogen (secondary N) is 1. The van der Waals surface area contributed by atoms with Crippen molar-refractivity contribution in [1.29, 1.82) is 0 Å². The van der Waals surface area contributed by atoms with Gasteiger partial charge in [-0.05, 0) is 18.3 Å². The first kappa shape index (κ1) is 11.9. The summed E-state index contributed by atoms with van der Waals surface area (Å²) in [5.74, 6) is 4.98. The van der Waals surface area contributed by atoms with Crippen molar-refractivity contribution in [3.8, 4) is 12.3 Å². The number of likely N-dealkylation sites (tertiary alicyclic amines) is 1. The summed E-state index contributed by atoms with van der Waals surface area (Å²) in [7, 11) is 1.81. The maximum atomic E-state index is 5.23. The number of rotatable bonds is 1. The smallest absolute Gasteiger partial charge is 0.194 e. The molecule has 0 aromatic heterocycles. The minimum Gasteiger partial charge on any atom is -0.345 e. The SMILES string of the molecule is C#CCNC(=NC)N1CC(C)CC(C)C1. The first-order valence-corrected chi connectivity index (χ1v) is 5.56. The van der Waals surface area contributed by atoms with Crippen LogP contribution in [0.3, 0.4) is 0 Å². The Bertz CT molecular complexity index is 255. The highest BCUT2D eigenvalue weighted by atomic mass is 15.3. The van der Waals surface area contributed by atoms with Gasteiger partial charge in [0.15, 0.2) is 5.96 Å². The molecule has 0 aliphatic carbocycles. The predicted octanol–water partition coefficient (Wildman–Crippen LogP) is 1.17. The molecule has 2 unspecified atom stereocenters. The summed E-state index contributed by atoms with van der Waals surface area (Å²) in [4.78, 5) is 6.56. The van der Waals surface area contributed by atoms with E-state index in [9.17, 15) is 0 Å². The lowest BCUT2D eigenvalue weighted by Crippen LogP contribution is -2.48. The summed E-state index contributed by atoms with van der Waals surface area (Å²) in [5, 5.41) is 3.17. The molecule has 15 heavy (non-hydrogen) atoms. The van der Waals surface area contributed by atoms with Gasteiger partial charge in [0.25, 0.3) is 0 Å². The van der Waals surface area contributed by atoms with Crippen molar-refractivity contribution < 1.29 is 0 Å². The second kappa shape index (κ2) is 5.65. The Hall–Kier alpha value is -1.17. The van der Waals surface area contributed by atoms with Gasteiger partial charge >= 0.3 is 0 Å². The second-order valence-corrected chi connectivity index (χ2v) is 4.46. The fourth-order valence-electron chi connectivity index (χ4n) is 2.30. The summed E-state index contributed by atoms with van der Waals surface area (Å²) in [5.41, 5.74) is 0. The van der Waals surface area contributed by atoms with E-state index in [-0.39, 0.29) is 0 Å². The number of hydrogen-bond acceptors (Lipinski definition) is 1. The predicted molar refractivity (Wildman–Crippen MR) is 64.7 cm³/mol. The van der Waals surface area contributed by atoms with Gasteiger partial charge < -0.3 is 10.2 Å². The summed E-state index contributed by atoms with van der Waals surface area (Å²) in [6, 6.07) is 0. The van der Waals surface area contributed by atoms with Crippen molar-refractivity contribution in [2.75, 3.05) is 26.7 Å². The molecule has 0 aromatic rings. The number of terminal acetylenes is 1. The van der Waals surface area contributed by atoms with Crippen LogP contribution < -0.4 is 5.32 Å². The highest BCUT2D eigenvalue weighted by Crippen LogP contribution is 2.20. The fourth-order valence-corrected chi connectivity index (χ4v) is 2.30. The third-order valence-electron chi connectivity index (χ3n) is 2.73. The highest BCUT2D eigenvalue weighted by Gasteiger charge is 2.23. The maximum absolute atomic E-state index is 5.23. The van der Waals surface area contributed by atoms with Gasteiger partial charge in [-0.25, -0.2) is 0 Å². The zero-order chi connectivity index (χ0) is 11.3. The molecule has 0 radical (unpaired) electrons. The standard InChI is InChI=1S/C12H21N3/c1-5-6-14-12(13-4)15-8-10(2)7-11(3)9-15/h1,10-11H,6-9H2,2-4H3,(H,13,14). The largest absolute Gasteiger partial charge is 0.345 e. The van der Waals surface area contributed by atoms with Crippen LogP contribution in [0.2, 0.25) is 0 Å². The number of guanidine groups is 1. The van der Waals surface area contributed by atoms with Gasteiger partial charge in [-0.15, -0.1) is 6.42 Å². The molecule has 1 aliphatic heterocycles. The lowest BCUT2D eigenvalue weighted by molar-refractivity contribution is 0.209. The summed E-state index contributed by atoms with van der Waals surface area (Å²) in [6.07, 6.45) is 6.54. The lowest BCUT2D eigenvalue weighted by atomic mass is 9.92. The van der Waals surface area contributed by atoms with Gasteiger partial charge in [0.2, 0.25) is 0 Å². The Labute approximate surface area is 93.0 Å². The van der Waals surface area contributed by atoms with Gasteiger partial charge in [0.1, 0.15) is 0 Å². The molecule has 1 N–H and O–H groups in total. The van der Waals surface area contributed by atoms with E-state index in [1.54, 1.807) is 0 Å². The van der Waals surface area contributed by atoms with Gasteiger partial charge in [-0.3, -0.25) is 4.99 Å². The Morgan fingerprint density at radius 3 is 2.53 bits per heavy atom. The van der Waals surface area contributed by atoms with Crippen LogP contribution in [0.5, 0.6) is 0 Å². The van der Waals surface area contributed by atoms with Crippen molar-refractivity contribution in [3.63, 3.8) is 0 Å². The van der Waals surface area contributed by atoms with Crippen LogP contribution in [0, 0.1) is 24.2 Å². The van der Waals surface area contributed by atoms with Gasteiger partial charge in [-0.2, -0.15) is 0 Å². The first-order chi connectivity index (χ1) is 7.17. The molecule has 0 amide bonds. The van der Waals surface area contributed by atoms with Crippen molar-refractivity contribution >= 4 is 5.96 Å². The monoisotopic (exact) mass is 207 g/mol. The molecule has 3 heteroatoms. The zero-order valence-corrected chi connectivity index (χ0v) is 9.95. The molecule has 1 saturated heterocycles. The van der Waals surface area contributed by atoms with E-state index >= 15 is 0 Å². The highest BCUT2D eigenvalue weighted by molar-refractivity contribution is 5.80. The average Bonchev–Trinajstić information content (AvgIpc) is 2.17. The molecule has 0 spiro atoms.